The molecule has 0 unspecified atom stereocenters. The second-order valence-electron chi connectivity index (χ2n) is 17.0. The minimum absolute atomic E-state index is 0.00275. The lowest BCUT2D eigenvalue weighted by Crippen LogP contribution is -2.39. The molecule has 2 saturated heterocycles. The van der Waals surface area contributed by atoms with Gasteiger partial charge in [0.1, 0.15) is 11.1 Å². The van der Waals surface area contributed by atoms with E-state index < -0.39 is 78.0 Å². The van der Waals surface area contributed by atoms with Crippen molar-refractivity contribution in [2.24, 2.45) is 11.8 Å². The van der Waals surface area contributed by atoms with E-state index >= 15 is 0 Å². The van der Waals surface area contributed by atoms with E-state index in [4.69, 9.17) is 33.7 Å². The standard InChI is InChI=1S/2C20H22ClF2N3O3S/c2*21-16-10-14(26-8-7-20(22,23)12-26)2-4-17(16)30(28,29)15-3-1-13(9-15)18(27)25-19(11-24)5-6-19/h2*2,4,10,13,15H,1,3,5-9,12H2,(H,25,27)/t2*13-,15-/m10/s1. The molecule has 6 fully saturated rings. The average molecular weight is 916 g/mol. The van der Waals surface area contributed by atoms with Gasteiger partial charge in [0.05, 0.1) is 55.6 Å². The SMILES string of the molecule is N#CC1(NC(=O)[C@@H]2CC[C@@H](S(=O)(=O)c3ccc(N4CCC(F)(F)C4)cc3Cl)C2)CC1.N#CC1(NC(=O)[C@H]2CC[C@H](S(=O)(=O)c3ccc(N4CCC(F)(F)C4)cc3Cl)C2)CC1. The Bertz CT molecular complexity index is 2200. The van der Waals surface area contributed by atoms with Crippen molar-refractivity contribution < 1.29 is 44.0 Å². The summed E-state index contributed by atoms with van der Waals surface area (Å²) in [5, 5.41) is 22.2. The third-order valence-electron chi connectivity index (χ3n) is 12.6. The molecule has 60 heavy (non-hydrogen) atoms. The van der Waals surface area contributed by atoms with Crippen LogP contribution in [0.1, 0.15) is 77.0 Å². The van der Waals surface area contributed by atoms with Gasteiger partial charge in [-0.2, -0.15) is 10.5 Å². The van der Waals surface area contributed by atoms with Gasteiger partial charge in [-0.05, 0) is 101 Å². The number of rotatable bonds is 10. The van der Waals surface area contributed by atoms with Crippen molar-refractivity contribution in [2.45, 2.75) is 120 Å². The first kappa shape index (κ1) is 44.2. The maximum Gasteiger partial charge on any atom is 0.266 e. The van der Waals surface area contributed by atoms with Crippen molar-refractivity contribution in [2.75, 3.05) is 36.0 Å². The molecule has 0 radical (unpaired) electrons. The lowest BCUT2D eigenvalue weighted by Gasteiger charge is -2.20. The number of amides is 2. The van der Waals surface area contributed by atoms with Crippen LogP contribution in [0.2, 0.25) is 10.0 Å². The van der Waals surface area contributed by atoms with Gasteiger partial charge in [-0.25, -0.2) is 34.4 Å². The highest BCUT2D eigenvalue weighted by Gasteiger charge is 2.49. The number of nitrogens with one attached hydrogen (secondary N) is 2. The predicted molar refractivity (Wildman–Crippen MR) is 215 cm³/mol. The molecule has 4 saturated carbocycles. The van der Waals surface area contributed by atoms with Crippen molar-refractivity contribution in [3.63, 3.8) is 0 Å². The molecule has 20 heteroatoms. The van der Waals surface area contributed by atoms with Crippen LogP contribution >= 0.6 is 23.2 Å². The summed E-state index contributed by atoms with van der Waals surface area (Å²) in [6.07, 6.45) is 3.84. The summed E-state index contributed by atoms with van der Waals surface area (Å²) >= 11 is 12.5. The van der Waals surface area contributed by atoms with Gasteiger partial charge >= 0.3 is 0 Å². The van der Waals surface area contributed by atoms with Crippen molar-refractivity contribution in [1.29, 1.82) is 10.5 Å². The summed E-state index contributed by atoms with van der Waals surface area (Å²) in [6, 6.07) is 12.8. The van der Waals surface area contributed by atoms with Gasteiger partial charge in [-0.15, -0.1) is 0 Å². The molecule has 8 rings (SSSR count). The van der Waals surface area contributed by atoms with Crippen LogP contribution in [-0.4, -0.2) is 88.3 Å². The van der Waals surface area contributed by atoms with Crippen LogP contribution in [0, 0.1) is 34.5 Å². The summed E-state index contributed by atoms with van der Waals surface area (Å²) in [6.45, 7) is -0.476. The fraction of sp³-hybridized carbons (Fsp3) is 0.600. The molecule has 0 spiro atoms. The van der Waals surface area contributed by atoms with Crippen LogP contribution in [0.5, 0.6) is 0 Å². The Balaban J connectivity index is 0.000000181. The Labute approximate surface area is 356 Å². The minimum atomic E-state index is -3.78. The number of anilines is 2. The van der Waals surface area contributed by atoms with E-state index in [1.54, 1.807) is 0 Å². The minimum Gasteiger partial charge on any atom is -0.365 e. The summed E-state index contributed by atoms with van der Waals surface area (Å²) in [4.78, 5) is 27.8. The molecule has 2 aromatic carbocycles. The van der Waals surface area contributed by atoms with Crippen molar-refractivity contribution in [1.82, 2.24) is 10.6 Å². The van der Waals surface area contributed by atoms with E-state index in [-0.39, 0.29) is 70.4 Å². The number of alkyl halides is 4. The Morgan fingerprint density at radius 2 is 1.00 bits per heavy atom. The number of hydrogen-bond acceptors (Lipinski definition) is 10. The normalized spacial score (nSPS) is 26.9. The maximum atomic E-state index is 13.5. The average Bonchev–Trinajstić information content (AvgIpc) is 3.77. The third kappa shape index (κ3) is 9.32. The molecule has 2 amide bonds. The van der Waals surface area contributed by atoms with E-state index in [1.807, 2.05) is 0 Å². The topological polar surface area (TPSA) is 181 Å². The number of hydrogen-bond donors (Lipinski definition) is 2. The number of benzene rings is 2. The van der Waals surface area contributed by atoms with Gasteiger partial charge < -0.3 is 20.4 Å². The highest BCUT2D eigenvalue weighted by atomic mass is 35.5. The molecule has 0 aromatic heterocycles. The molecule has 2 aliphatic heterocycles. The first-order valence-corrected chi connectivity index (χ1v) is 23.7. The summed E-state index contributed by atoms with van der Waals surface area (Å²) in [5.74, 6) is -6.99. The zero-order valence-electron chi connectivity index (χ0n) is 32.4. The van der Waals surface area contributed by atoms with Gasteiger partial charge in [-0.3, -0.25) is 9.59 Å². The zero-order chi connectivity index (χ0) is 43.5. The van der Waals surface area contributed by atoms with Crippen LogP contribution in [-0.2, 0) is 29.3 Å². The van der Waals surface area contributed by atoms with E-state index in [0.29, 0.717) is 62.7 Å². The molecule has 2 heterocycles. The lowest BCUT2D eigenvalue weighted by atomic mass is 10.1. The first-order valence-electron chi connectivity index (χ1n) is 19.9. The summed E-state index contributed by atoms with van der Waals surface area (Å²) < 4.78 is 106. The second kappa shape index (κ2) is 16.1. The summed E-state index contributed by atoms with van der Waals surface area (Å²) in [7, 11) is -7.55. The van der Waals surface area contributed by atoms with Gasteiger partial charge in [0.2, 0.25) is 11.8 Å². The van der Waals surface area contributed by atoms with Gasteiger partial charge in [0, 0.05) is 49.1 Å². The quantitative estimate of drug-likeness (QED) is 0.247. The predicted octanol–water partition coefficient (Wildman–Crippen LogP) is 6.60. The Kier molecular flexibility index (Phi) is 11.9. The van der Waals surface area contributed by atoms with E-state index in [1.165, 1.54) is 46.2 Å². The zero-order valence-corrected chi connectivity index (χ0v) is 35.6. The Morgan fingerprint density at radius 3 is 1.28 bits per heavy atom. The van der Waals surface area contributed by atoms with Crippen molar-refractivity contribution in [3.8, 4) is 12.1 Å². The molecule has 2 N–H and O–H groups in total. The largest absolute Gasteiger partial charge is 0.365 e. The molecule has 4 aliphatic carbocycles. The molecule has 6 aliphatic rings. The third-order valence-corrected chi connectivity index (χ3v) is 18.0. The van der Waals surface area contributed by atoms with Crippen molar-refractivity contribution in [3.05, 3.63) is 46.4 Å². The second-order valence-corrected chi connectivity index (χ2v) is 22.2. The fourth-order valence-electron chi connectivity index (χ4n) is 8.48. The molecular formula is C40H44Cl2F4N6O6S2. The molecule has 4 atom stereocenters. The molecular weight excluding hydrogens is 872 g/mol. The number of carbonyl (C=O) groups excluding carboxylic acids is 2. The van der Waals surface area contributed by atoms with Crippen LogP contribution in [0.15, 0.2) is 46.2 Å². The number of carbonyl (C=O) groups is 2. The van der Waals surface area contributed by atoms with Gasteiger partial charge in [0.15, 0.2) is 19.7 Å². The highest BCUT2D eigenvalue weighted by molar-refractivity contribution is 7.92. The fourth-order valence-corrected chi connectivity index (χ4v) is 13.2. The van der Waals surface area contributed by atoms with Crippen LogP contribution in [0.3, 0.4) is 0 Å². The Hall–Kier alpha value is -3.84. The molecule has 2 aromatic rings. The van der Waals surface area contributed by atoms with E-state index in [2.05, 4.69) is 22.8 Å². The van der Waals surface area contributed by atoms with Crippen LogP contribution < -0.4 is 20.4 Å². The smallest absolute Gasteiger partial charge is 0.266 e. The number of halogens is 6. The van der Waals surface area contributed by atoms with Gasteiger partial charge in [-0.1, -0.05) is 23.2 Å². The first-order chi connectivity index (χ1) is 28.1. The lowest BCUT2D eigenvalue weighted by molar-refractivity contribution is -0.126. The maximum absolute atomic E-state index is 13.5. The van der Waals surface area contributed by atoms with Crippen LogP contribution in [0.25, 0.3) is 0 Å². The van der Waals surface area contributed by atoms with Crippen molar-refractivity contribution >= 4 is 66.1 Å². The number of sulfone groups is 2. The molecule has 0 bridgehead atoms. The van der Waals surface area contributed by atoms with Gasteiger partial charge in [0.25, 0.3) is 11.8 Å². The monoisotopic (exact) mass is 914 g/mol. The molecule has 12 nitrogen and oxygen atoms in total. The summed E-state index contributed by atoms with van der Waals surface area (Å²) in [5.41, 5.74) is -0.629. The Morgan fingerprint density at radius 1 is 0.633 bits per heavy atom. The van der Waals surface area contributed by atoms with E-state index in [9.17, 15) is 44.0 Å². The van der Waals surface area contributed by atoms with E-state index in [0.717, 1.165) is 0 Å². The highest BCUT2D eigenvalue weighted by Crippen LogP contribution is 2.42. The number of nitriles is 2. The van der Waals surface area contributed by atoms with Crippen LogP contribution in [0.4, 0.5) is 28.9 Å². The number of nitrogens with zero attached hydrogens (tertiary/aromatic N) is 4. The molecule has 324 valence electrons.